The lowest BCUT2D eigenvalue weighted by Crippen LogP contribution is -2.00. The topological polar surface area (TPSA) is 54.7 Å². The van der Waals surface area contributed by atoms with Crippen LogP contribution in [0.2, 0.25) is 0 Å². The molecule has 0 atom stereocenters. The van der Waals surface area contributed by atoms with E-state index in [4.69, 9.17) is 5.73 Å². The van der Waals surface area contributed by atoms with Crippen LogP contribution < -0.4 is 5.73 Å². The van der Waals surface area contributed by atoms with E-state index < -0.39 is 0 Å². The second-order valence-electron chi connectivity index (χ2n) is 4.67. The molecule has 17 heavy (non-hydrogen) atoms. The lowest BCUT2D eigenvalue weighted by atomic mass is 9.98. The summed E-state index contributed by atoms with van der Waals surface area (Å²) < 4.78 is 0. The van der Waals surface area contributed by atoms with Crippen molar-refractivity contribution in [3.63, 3.8) is 0 Å². The molecule has 0 saturated heterocycles. The predicted molar refractivity (Wildman–Crippen MR) is 73.1 cm³/mol. The van der Waals surface area contributed by atoms with E-state index in [0.29, 0.717) is 5.92 Å². The highest BCUT2D eigenvalue weighted by atomic mass is 14.9. The molecular weight excluding hydrogens is 210 g/mol. The molecule has 2 rings (SSSR count). The van der Waals surface area contributed by atoms with E-state index in [2.05, 4.69) is 23.8 Å². The van der Waals surface area contributed by atoms with Crippen LogP contribution in [0.1, 0.15) is 51.3 Å². The summed E-state index contributed by atoms with van der Waals surface area (Å²) >= 11 is 0. The molecule has 3 nitrogen and oxygen atoms in total. The van der Waals surface area contributed by atoms with Gasteiger partial charge in [-0.05, 0) is 31.0 Å². The number of benzene rings is 1. The molecule has 0 saturated carbocycles. The molecular formula is C14H21N3. The van der Waals surface area contributed by atoms with E-state index >= 15 is 0 Å². The van der Waals surface area contributed by atoms with Gasteiger partial charge in [-0.1, -0.05) is 26.7 Å². The number of nitrogens with one attached hydrogen (secondary N) is 1. The highest BCUT2D eigenvalue weighted by molar-refractivity contribution is 5.78. The van der Waals surface area contributed by atoms with Crippen LogP contribution in [-0.2, 0) is 0 Å². The first-order valence-corrected chi connectivity index (χ1v) is 6.49. The lowest BCUT2D eigenvalue weighted by molar-refractivity contribution is 0.539. The van der Waals surface area contributed by atoms with Gasteiger partial charge in [-0.25, -0.2) is 4.98 Å². The van der Waals surface area contributed by atoms with Gasteiger partial charge in [0.2, 0.25) is 0 Å². The monoisotopic (exact) mass is 231 g/mol. The van der Waals surface area contributed by atoms with E-state index in [1.54, 1.807) is 0 Å². The fourth-order valence-electron chi connectivity index (χ4n) is 2.36. The molecule has 0 spiro atoms. The number of nitrogen functional groups attached to an aromatic ring is 1. The smallest absolute Gasteiger partial charge is 0.110 e. The van der Waals surface area contributed by atoms with Gasteiger partial charge in [0.05, 0.1) is 11.0 Å². The van der Waals surface area contributed by atoms with Crippen LogP contribution in [0.4, 0.5) is 5.69 Å². The first-order chi connectivity index (χ1) is 8.24. The maximum Gasteiger partial charge on any atom is 0.110 e. The van der Waals surface area contributed by atoms with Crippen molar-refractivity contribution in [2.24, 2.45) is 0 Å². The molecule has 3 heteroatoms. The second kappa shape index (κ2) is 5.21. The summed E-state index contributed by atoms with van der Waals surface area (Å²) in [6.45, 7) is 4.45. The number of H-pyrrole nitrogens is 1. The predicted octanol–water partition coefficient (Wildman–Crippen LogP) is 3.83. The lowest BCUT2D eigenvalue weighted by Gasteiger charge is -2.11. The Hall–Kier alpha value is -1.51. The molecule has 1 aromatic carbocycles. The van der Waals surface area contributed by atoms with Crippen LogP contribution in [-0.4, -0.2) is 9.97 Å². The fourth-order valence-corrected chi connectivity index (χ4v) is 2.36. The van der Waals surface area contributed by atoms with Crippen molar-refractivity contribution in [2.75, 3.05) is 5.73 Å². The van der Waals surface area contributed by atoms with Crippen LogP contribution in [0.3, 0.4) is 0 Å². The summed E-state index contributed by atoms with van der Waals surface area (Å²) in [7, 11) is 0. The zero-order valence-corrected chi connectivity index (χ0v) is 10.7. The van der Waals surface area contributed by atoms with E-state index in [-0.39, 0.29) is 0 Å². The van der Waals surface area contributed by atoms with E-state index in [1.165, 1.54) is 25.7 Å². The Balaban J connectivity index is 2.33. The van der Waals surface area contributed by atoms with Crippen molar-refractivity contribution >= 4 is 16.7 Å². The number of aromatic amines is 1. The number of rotatable bonds is 5. The highest BCUT2D eigenvalue weighted by Crippen LogP contribution is 2.26. The second-order valence-corrected chi connectivity index (χ2v) is 4.67. The van der Waals surface area contributed by atoms with Crippen molar-refractivity contribution < 1.29 is 0 Å². The molecule has 0 unspecified atom stereocenters. The molecule has 0 bridgehead atoms. The van der Waals surface area contributed by atoms with E-state index in [9.17, 15) is 0 Å². The van der Waals surface area contributed by atoms with Gasteiger partial charge < -0.3 is 10.7 Å². The van der Waals surface area contributed by atoms with Crippen LogP contribution in [0.15, 0.2) is 18.2 Å². The third-order valence-corrected chi connectivity index (χ3v) is 3.19. The van der Waals surface area contributed by atoms with Gasteiger partial charge >= 0.3 is 0 Å². The molecule has 0 fully saturated rings. The number of nitrogens with zero attached hydrogens (tertiary/aromatic N) is 1. The fraction of sp³-hybridized carbons (Fsp3) is 0.500. The number of anilines is 1. The standard InChI is InChI=1S/C14H21N3/c1-3-5-10(6-4-2)14-16-12-8-7-11(15)9-13(12)17-14/h7-10H,3-6,15H2,1-2H3,(H,16,17). The van der Waals surface area contributed by atoms with Crippen molar-refractivity contribution in [3.05, 3.63) is 24.0 Å². The van der Waals surface area contributed by atoms with Gasteiger partial charge in [-0.15, -0.1) is 0 Å². The van der Waals surface area contributed by atoms with Gasteiger partial charge in [0, 0.05) is 11.6 Å². The Bertz CT molecular complexity index is 481. The highest BCUT2D eigenvalue weighted by Gasteiger charge is 2.14. The molecule has 92 valence electrons. The molecule has 1 aromatic heterocycles. The van der Waals surface area contributed by atoms with Crippen molar-refractivity contribution in [1.29, 1.82) is 0 Å². The van der Waals surface area contributed by atoms with Crippen molar-refractivity contribution in [1.82, 2.24) is 9.97 Å². The van der Waals surface area contributed by atoms with Crippen LogP contribution >= 0.6 is 0 Å². The summed E-state index contributed by atoms with van der Waals surface area (Å²) in [5, 5.41) is 0. The normalized spacial score (nSPS) is 11.5. The van der Waals surface area contributed by atoms with Crippen LogP contribution in [0.5, 0.6) is 0 Å². The molecule has 3 N–H and O–H groups in total. The maximum absolute atomic E-state index is 5.78. The third kappa shape index (κ3) is 2.60. The third-order valence-electron chi connectivity index (χ3n) is 3.19. The largest absolute Gasteiger partial charge is 0.399 e. The minimum atomic E-state index is 0.554. The average Bonchev–Trinajstić information content (AvgIpc) is 2.71. The molecule has 2 aromatic rings. The molecule has 0 radical (unpaired) electrons. The van der Waals surface area contributed by atoms with Crippen molar-refractivity contribution in [3.8, 4) is 0 Å². The zero-order chi connectivity index (χ0) is 12.3. The number of hydrogen-bond acceptors (Lipinski definition) is 2. The number of imidazole rings is 1. The Kier molecular flexibility index (Phi) is 3.67. The first kappa shape index (κ1) is 12.0. The molecule has 0 aliphatic carbocycles. The average molecular weight is 231 g/mol. The Morgan fingerprint density at radius 3 is 2.59 bits per heavy atom. The quantitative estimate of drug-likeness (QED) is 0.768. The minimum absolute atomic E-state index is 0.554. The molecule has 0 aliphatic rings. The number of nitrogens with two attached hydrogens (primary N) is 1. The Labute approximate surface area is 102 Å². The van der Waals surface area contributed by atoms with Crippen LogP contribution in [0.25, 0.3) is 11.0 Å². The zero-order valence-electron chi connectivity index (χ0n) is 10.7. The van der Waals surface area contributed by atoms with E-state index in [1.807, 2.05) is 18.2 Å². The minimum Gasteiger partial charge on any atom is -0.399 e. The SMILES string of the molecule is CCCC(CCC)c1nc2ccc(N)cc2[nH]1. The van der Waals surface area contributed by atoms with Gasteiger partial charge in [-0.3, -0.25) is 0 Å². The summed E-state index contributed by atoms with van der Waals surface area (Å²) in [4.78, 5) is 8.10. The number of aromatic nitrogens is 2. The number of fused-ring (bicyclic) bond motifs is 1. The van der Waals surface area contributed by atoms with Gasteiger partial charge in [0.1, 0.15) is 5.82 Å². The molecule has 1 heterocycles. The molecule has 0 amide bonds. The number of hydrogen-bond donors (Lipinski definition) is 2. The summed E-state index contributed by atoms with van der Waals surface area (Å²) in [6, 6.07) is 5.85. The van der Waals surface area contributed by atoms with Gasteiger partial charge in [-0.2, -0.15) is 0 Å². The van der Waals surface area contributed by atoms with Crippen LogP contribution in [0, 0.1) is 0 Å². The Morgan fingerprint density at radius 1 is 1.24 bits per heavy atom. The van der Waals surface area contributed by atoms with Gasteiger partial charge in [0.15, 0.2) is 0 Å². The summed E-state index contributed by atoms with van der Waals surface area (Å²) in [5.41, 5.74) is 8.64. The van der Waals surface area contributed by atoms with Crippen molar-refractivity contribution in [2.45, 2.75) is 45.4 Å². The summed E-state index contributed by atoms with van der Waals surface area (Å²) in [5.74, 6) is 1.67. The van der Waals surface area contributed by atoms with Gasteiger partial charge in [0.25, 0.3) is 0 Å². The summed E-state index contributed by atoms with van der Waals surface area (Å²) in [6.07, 6.45) is 4.79. The Morgan fingerprint density at radius 2 is 1.94 bits per heavy atom. The maximum atomic E-state index is 5.78. The first-order valence-electron chi connectivity index (χ1n) is 6.49. The van der Waals surface area contributed by atoms with E-state index in [0.717, 1.165) is 22.5 Å². The molecule has 0 aliphatic heterocycles.